The molecule has 1 fully saturated rings. The molecule has 0 aliphatic carbocycles. The summed E-state index contributed by atoms with van der Waals surface area (Å²) in [7, 11) is -3.36. The Labute approximate surface area is 217 Å². The molecule has 0 atom stereocenters. The number of rotatable bonds is 7. The maximum absolute atomic E-state index is 13.2. The minimum Gasteiger partial charge on any atom is -0.351 e. The summed E-state index contributed by atoms with van der Waals surface area (Å²) in [6.45, 7) is 1.05. The van der Waals surface area contributed by atoms with Crippen LogP contribution in [0, 0.1) is 15.9 Å². The predicted molar refractivity (Wildman–Crippen MR) is 140 cm³/mol. The van der Waals surface area contributed by atoms with Gasteiger partial charge in [-0.15, -0.1) is 0 Å². The first-order valence-corrected chi connectivity index (χ1v) is 13.7. The van der Waals surface area contributed by atoms with Crippen LogP contribution in [-0.4, -0.2) is 52.6 Å². The van der Waals surface area contributed by atoms with E-state index < -0.39 is 14.8 Å². The zero-order valence-corrected chi connectivity index (χ0v) is 21.2. The van der Waals surface area contributed by atoms with Crippen LogP contribution in [0.2, 0.25) is 0 Å². The Balaban J connectivity index is 1.31. The van der Waals surface area contributed by atoms with Gasteiger partial charge in [0.05, 0.1) is 21.7 Å². The van der Waals surface area contributed by atoms with Crippen LogP contribution in [0.25, 0.3) is 11.3 Å². The van der Waals surface area contributed by atoms with Crippen molar-refractivity contribution in [1.29, 1.82) is 0 Å². The van der Waals surface area contributed by atoms with Crippen molar-refractivity contribution in [1.82, 2.24) is 19.9 Å². The van der Waals surface area contributed by atoms with Gasteiger partial charge in [0.2, 0.25) is 11.6 Å². The van der Waals surface area contributed by atoms with Gasteiger partial charge in [0, 0.05) is 31.0 Å². The van der Waals surface area contributed by atoms with Crippen LogP contribution < -0.4 is 10.2 Å². The number of aromatic amines is 1. The van der Waals surface area contributed by atoms with Crippen LogP contribution in [0.3, 0.4) is 0 Å². The second kappa shape index (κ2) is 10.2. The van der Waals surface area contributed by atoms with Crippen molar-refractivity contribution < 1.29 is 17.7 Å². The molecule has 1 saturated heterocycles. The van der Waals surface area contributed by atoms with Crippen molar-refractivity contribution in [3.05, 3.63) is 82.8 Å². The number of halogens is 1. The topological polar surface area (TPSA) is 147 Å². The molecule has 196 valence electrons. The third kappa shape index (κ3) is 5.32. The lowest BCUT2D eigenvalue weighted by atomic mass is 9.96. The molecule has 1 aliphatic rings. The predicted octanol–water partition coefficient (Wildman–Crippen LogP) is 4.45. The lowest BCUT2D eigenvalue weighted by Crippen LogP contribution is -2.34. The molecule has 0 amide bonds. The molecule has 2 N–H and O–H groups in total. The number of anilines is 3. The summed E-state index contributed by atoms with van der Waals surface area (Å²) in [5, 5.41) is 15.0. The van der Waals surface area contributed by atoms with Crippen LogP contribution in [0.5, 0.6) is 0 Å². The number of hydrogen-bond acceptors (Lipinski definition) is 9. The maximum atomic E-state index is 13.2. The quantitative estimate of drug-likeness (QED) is 0.258. The molecule has 2 aromatic carbocycles. The van der Waals surface area contributed by atoms with Gasteiger partial charge in [0.25, 0.3) is 0 Å². The lowest BCUT2D eigenvalue weighted by Gasteiger charge is -2.31. The van der Waals surface area contributed by atoms with Crippen LogP contribution in [0.1, 0.15) is 24.6 Å². The minimum atomic E-state index is -3.36. The third-order valence-corrected chi connectivity index (χ3v) is 7.59. The number of sulfone groups is 1. The molecule has 0 saturated carbocycles. The average molecular weight is 538 g/mol. The van der Waals surface area contributed by atoms with E-state index in [9.17, 15) is 22.9 Å². The second-order valence-corrected chi connectivity index (χ2v) is 11.0. The standard InChI is InChI=1S/C25H24FN7O4S/c1-38(36,37)20-8-6-19(7-9-20)30-24-22(33(34)35)25(29-15-28-24)32-12-10-17(11-13-32)23-27-14-21(31-23)16-2-4-18(26)5-3-16/h2-9,14-15,17H,10-13H2,1H3,(H,27,31)(H,28,29,30). The zero-order valence-electron chi connectivity index (χ0n) is 20.3. The van der Waals surface area contributed by atoms with Crippen molar-refractivity contribution in [3.8, 4) is 11.3 Å². The summed E-state index contributed by atoms with van der Waals surface area (Å²) >= 11 is 0. The first-order valence-electron chi connectivity index (χ1n) is 11.8. The van der Waals surface area contributed by atoms with E-state index in [1.165, 1.54) is 42.7 Å². The summed E-state index contributed by atoms with van der Waals surface area (Å²) in [5.74, 6) is 0.880. The summed E-state index contributed by atoms with van der Waals surface area (Å²) in [6, 6.07) is 12.1. The molecular weight excluding hydrogens is 513 g/mol. The Morgan fingerprint density at radius 3 is 2.37 bits per heavy atom. The molecule has 11 nitrogen and oxygen atoms in total. The van der Waals surface area contributed by atoms with E-state index in [4.69, 9.17) is 0 Å². The molecule has 5 rings (SSSR count). The normalized spacial score (nSPS) is 14.4. The van der Waals surface area contributed by atoms with E-state index in [-0.39, 0.29) is 34.0 Å². The van der Waals surface area contributed by atoms with E-state index in [0.29, 0.717) is 31.6 Å². The third-order valence-electron chi connectivity index (χ3n) is 6.46. The molecule has 0 spiro atoms. The molecule has 13 heteroatoms. The Hall–Kier alpha value is -4.39. The number of nitrogens with one attached hydrogen (secondary N) is 2. The van der Waals surface area contributed by atoms with Crippen LogP contribution in [0.15, 0.2) is 66.0 Å². The minimum absolute atomic E-state index is 0.0178. The van der Waals surface area contributed by atoms with Crippen molar-refractivity contribution in [2.24, 2.45) is 0 Å². The van der Waals surface area contributed by atoms with Crippen molar-refractivity contribution in [2.75, 3.05) is 29.6 Å². The highest BCUT2D eigenvalue weighted by Gasteiger charge is 2.31. The van der Waals surface area contributed by atoms with Gasteiger partial charge in [-0.2, -0.15) is 0 Å². The van der Waals surface area contributed by atoms with Crippen molar-refractivity contribution in [2.45, 2.75) is 23.7 Å². The Kier molecular flexibility index (Phi) is 6.76. The average Bonchev–Trinajstić information content (AvgIpc) is 3.39. The van der Waals surface area contributed by atoms with Gasteiger partial charge in [0.15, 0.2) is 9.84 Å². The number of H-pyrrole nitrogens is 1. The van der Waals surface area contributed by atoms with E-state index in [1.807, 2.05) is 4.90 Å². The second-order valence-electron chi connectivity index (χ2n) is 9.02. The number of nitro groups is 1. The fourth-order valence-corrected chi connectivity index (χ4v) is 5.10. The first-order chi connectivity index (χ1) is 18.2. The number of imidazole rings is 1. The molecular formula is C25H24FN7O4S. The highest BCUT2D eigenvalue weighted by atomic mass is 32.2. The van der Waals surface area contributed by atoms with E-state index >= 15 is 0 Å². The summed E-state index contributed by atoms with van der Waals surface area (Å²) in [4.78, 5) is 29.7. The highest BCUT2D eigenvalue weighted by molar-refractivity contribution is 7.90. The number of aromatic nitrogens is 4. The number of piperidine rings is 1. The molecule has 0 radical (unpaired) electrons. The highest BCUT2D eigenvalue weighted by Crippen LogP contribution is 2.37. The van der Waals surface area contributed by atoms with E-state index in [0.717, 1.165) is 23.3 Å². The summed E-state index contributed by atoms with van der Waals surface area (Å²) in [5.41, 5.74) is 1.84. The van der Waals surface area contributed by atoms with Gasteiger partial charge in [0.1, 0.15) is 18.0 Å². The smallest absolute Gasteiger partial charge is 0.351 e. The molecule has 0 bridgehead atoms. The van der Waals surface area contributed by atoms with E-state index in [2.05, 4.69) is 25.3 Å². The molecule has 1 aliphatic heterocycles. The van der Waals surface area contributed by atoms with Gasteiger partial charge in [-0.3, -0.25) is 10.1 Å². The monoisotopic (exact) mass is 537 g/mol. The lowest BCUT2D eigenvalue weighted by molar-refractivity contribution is -0.383. The molecule has 4 aromatic rings. The zero-order chi connectivity index (χ0) is 26.9. The van der Waals surface area contributed by atoms with Crippen LogP contribution >= 0.6 is 0 Å². The fourth-order valence-electron chi connectivity index (χ4n) is 4.47. The van der Waals surface area contributed by atoms with E-state index in [1.54, 1.807) is 18.3 Å². The van der Waals surface area contributed by atoms with Crippen molar-refractivity contribution in [3.63, 3.8) is 0 Å². The molecule has 38 heavy (non-hydrogen) atoms. The van der Waals surface area contributed by atoms with Crippen molar-refractivity contribution >= 4 is 32.8 Å². The summed E-state index contributed by atoms with van der Waals surface area (Å²) in [6.07, 6.45) is 5.50. The van der Waals surface area contributed by atoms with Gasteiger partial charge in [-0.1, -0.05) is 0 Å². The van der Waals surface area contributed by atoms with Crippen LogP contribution in [0.4, 0.5) is 27.4 Å². The number of benzene rings is 2. The largest absolute Gasteiger partial charge is 0.353 e. The van der Waals surface area contributed by atoms with Gasteiger partial charge in [-0.25, -0.2) is 27.8 Å². The first kappa shape index (κ1) is 25.3. The Bertz CT molecular complexity index is 1570. The SMILES string of the molecule is CS(=O)(=O)c1ccc(Nc2ncnc(N3CCC(c4ncc(-c5ccc(F)cc5)[nH]4)CC3)c2[N+](=O)[O-])cc1. The fraction of sp³-hybridized carbons (Fsp3) is 0.240. The molecule has 0 unspecified atom stereocenters. The van der Waals surface area contributed by atoms with Gasteiger partial charge >= 0.3 is 5.69 Å². The maximum Gasteiger partial charge on any atom is 0.353 e. The Morgan fingerprint density at radius 2 is 1.74 bits per heavy atom. The summed E-state index contributed by atoms with van der Waals surface area (Å²) < 4.78 is 36.6. The molecule has 2 aromatic heterocycles. The van der Waals surface area contributed by atoms with Crippen LogP contribution in [-0.2, 0) is 9.84 Å². The molecule has 3 heterocycles. The Morgan fingerprint density at radius 1 is 1.05 bits per heavy atom. The van der Waals surface area contributed by atoms with Gasteiger partial charge in [-0.05, 0) is 66.9 Å². The number of hydrogen-bond donors (Lipinski definition) is 2. The number of nitrogens with zero attached hydrogens (tertiary/aromatic N) is 5. The van der Waals surface area contributed by atoms with Gasteiger partial charge < -0.3 is 15.2 Å².